The second-order valence-electron chi connectivity index (χ2n) is 5.40. The average molecular weight is 250 g/mol. The molecule has 2 rings (SSSR count). The molecular weight excluding hydrogens is 224 g/mol. The Hall–Kier alpha value is -0.870. The van der Waals surface area contributed by atoms with Gasteiger partial charge in [-0.2, -0.15) is 5.10 Å². The minimum Gasteiger partial charge on any atom is -0.328 e. The molecule has 0 radical (unpaired) electrons. The summed E-state index contributed by atoms with van der Waals surface area (Å²) in [6.45, 7) is 9.68. The van der Waals surface area contributed by atoms with Crippen LogP contribution in [0.5, 0.6) is 0 Å². The van der Waals surface area contributed by atoms with Gasteiger partial charge >= 0.3 is 0 Å². The zero-order chi connectivity index (χ0) is 13.1. The van der Waals surface area contributed by atoms with Crippen molar-refractivity contribution in [1.82, 2.24) is 14.7 Å². The predicted molar refractivity (Wildman–Crippen MR) is 74.4 cm³/mol. The third-order valence-corrected chi connectivity index (χ3v) is 4.00. The van der Waals surface area contributed by atoms with Gasteiger partial charge in [0.25, 0.3) is 0 Å². The summed E-state index contributed by atoms with van der Waals surface area (Å²) in [6, 6.07) is 3.22. The van der Waals surface area contributed by atoms with Crippen LogP contribution in [0, 0.1) is 0 Å². The van der Waals surface area contributed by atoms with Gasteiger partial charge in [0.1, 0.15) is 0 Å². The standard InChI is InChI=1S/C14H26N4/c1-4-13-9-14(18(5-2)16-13)10-17-7-6-12(15)8-11(17)3/h9,11-12H,4-8,10,15H2,1-3H3. The highest BCUT2D eigenvalue weighted by molar-refractivity contribution is 5.11. The lowest BCUT2D eigenvalue weighted by Gasteiger charge is -2.36. The highest BCUT2D eigenvalue weighted by Crippen LogP contribution is 2.19. The summed E-state index contributed by atoms with van der Waals surface area (Å²) in [5, 5.41) is 4.62. The molecule has 1 fully saturated rings. The smallest absolute Gasteiger partial charge is 0.0625 e. The number of likely N-dealkylation sites (tertiary alicyclic amines) is 1. The van der Waals surface area contributed by atoms with Gasteiger partial charge in [0.05, 0.1) is 11.4 Å². The summed E-state index contributed by atoms with van der Waals surface area (Å²) in [6.07, 6.45) is 3.24. The van der Waals surface area contributed by atoms with E-state index in [9.17, 15) is 0 Å². The van der Waals surface area contributed by atoms with Crippen LogP contribution in [0.2, 0.25) is 0 Å². The van der Waals surface area contributed by atoms with Gasteiger partial charge in [-0.25, -0.2) is 0 Å². The Morgan fingerprint density at radius 3 is 2.83 bits per heavy atom. The summed E-state index contributed by atoms with van der Waals surface area (Å²) < 4.78 is 2.14. The second-order valence-corrected chi connectivity index (χ2v) is 5.40. The molecule has 18 heavy (non-hydrogen) atoms. The topological polar surface area (TPSA) is 47.1 Å². The van der Waals surface area contributed by atoms with Crippen LogP contribution in [-0.4, -0.2) is 33.3 Å². The monoisotopic (exact) mass is 250 g/mol. The Morgan fingerprint density at radius 2 is 2.22 bits per heavy atom. The van der Waals surface area contributed by atoms with Crippen LogP contribution in [0.25, 0.3) is 0 Å². The largest absolute Gasteiger partial charge is 0.328 e. The number of hydrogen-bond donors (Lipinski definition) is 1. The van der Waals surface area contributed by atoms with Crippen molar-refractivity contribution >= 4 is 0 Å². The van der Waals surface area contributed by atoms with Crippen molar-refractivity contribution in [2.45, 2.75) is 65.2 Å². The van der Waals surface area contributed by atoms with Gasteiger partial charge in [0.15, 0.2) is 0 Å². The number of rotatable bonds is 4. The van der Waals surface area contributed by atoms with Crippen LogP contribution in [0.4, 0.5) is 0 Å². The van der Waals surface area contributed by atoms with E-state index < -0.39 is 0 Å². The van der Waals surface area contributed by atoms with Crippen LogP contribution in [0.1, 0.15) is 45.0 Å². The van der Waals surface area contributed by atoms with Gasteiger partial charge in [-0.3, -0.25) is 9.58 Å². The van der Waals surface area contributed by atoms with Gasteiger partial charge in [0.2, 0.25) is 0 Å². The van der Waals surface area contributed by atoms with E-state index in [4.69, 9.17) is 5.73 Å². The average Bonchev–Trinajstić information content (AvgIpc) is 2.75. The number of nitrogens with two attached hydrogens (primary N) is 1. The van der Waals surface area contributed by atoms with Crippen molar-refractivity contribution < 1.29 is 0 Å². The highest BCUT2D eigenvalue weighted by Gasteiger charge is 2.24. The summed E-state index contributed by atoms with van der Waals surface area (Å²) in [5.74, 6) is 0. The molecule has 1 aliphatic rings. The molecule has 2 atom stereocenters. The van der Waals surface area contributed by atoms with Crippen LogP contribution < -0.4 is 5.73 Å². The third-order valence-electron chi connectivity index (χ3n) is 4.00. The summed E-state index contributed by atoms with van der Waals surface area (Å²) in [4.78, 5) is 2.53. The molecule has 2 heterocycles. The van der Waals surface area contributed by atoms with E-state index in [0.717, 1.165) is 38.9 Å². The predicted octanol–water partition coefficient (Wildman–Crippen LogP) is 1.78. The lowest BCUT2D eigenvalue weighted by atomic mass is 9.99. The highest BCUT2D eigenvalue weighted by atomic mass is 15.3. The molecule has 1 aromatic heterocycles. The Morgan fingerprint density at radius 1 is 1.44 bits per heavy atom. The van der Waals surface area contributed by atoms with Gasteiger partial charge in [0, 0.05) is 31.7 Å². The van der Waals surface area contributed by atoms with Crippen molar-refractivity contribution in [3.05, 3.63) is 17.5 Å². The molecule has 4 heteroatoms. The van der Waals surface area contributed by atoms with Gasteiger partial charge < -0.3 is 5.73 Å². The third kappa shape index (κ3) is 2.93. The molecule has 0 aliphatic carbocycles. The molecule has 0 bridgehead atoms. The maximum atomic E-state index is 6.02. The van der Waals surface area contributed by atoms with E-state index in [0.29, 0.717) is 12.1 Å². The van der Waals surface area contributed by atoms with Crippen LogP contribution in [0.15, 0.2) is 6.07 Å². The SMILES string of the molecule is CCc1cc(CN2CCC(N)CC2C)n(CC)n1. The molecule has 0 aromatic carbocycles. The van der Waals surface area contributed by atoms with E-state index >= 15 is 0 Å². The maximum absolute atomic E-state index is 6.02. The first-order chi connectivity index (χ1) is 8.63. The fraction of sp³-hybridized carbons (Fsp3) is 0.786. The van der Waals surface area contributed by atoms with Crippen molar-refractivity contribution in [3.63, 3.8) is 0 Å². The van der Waals surface area contributed by atoms with E-state index in [-0.39, 0.29) is 0 Å². The molecule has 0 amide bonds. The number of hydrogen-bond acceptors (Lipinski definition) is 3. The number of nitrogens with zero attached hydrogens (tertiary/aromatic N) is 3. The maximum Gasteiger partial charge on any atom is 0.0625 e. The summed E-state index contributed by atoms with van der Waals surface area (Å²) in [5.41, 5.74) is 8.56. The molecule has 102 valence electrons. The zero-order valence-electron chi connectivity index (χ0n) is 11.9. The van der Waals surface area contributed by atoms with Crippen molar-refractivity contribution in [2.75, 3.05) is 6.54 Å². The van der Waals surface area contributed by atoms with E-state index in [1.54, 1.807) is 0 Å². The normalized spacial score (nSPS) is 25.6. The van der Waals surface area contributed by atoms with Gasteiger partial charge in [-0.05, 0) is 39.2 Å². The van der Waals surface area contributed by atoms with E-state index in [1.165, 1.54) is 11.4 Å². The second kappa shape index (κ2) is 5.85. The van der Waals surface area contributed by atoms with Crippen LogP contribution in [0.3, 0.4) is 0 Å². The Bertz CT molecular complexity index is 385. The Labute approximate surface area is 110 Å². The van der Waals surface area contributed by atoms with Crippen molar-refractivity contribution in [3.8, 4) is 0 Å². The first-order valence-corrected chi connectivity index (χ1v) is 7.19. The first kappa shape index (κ1) is 13.6. The molecular formula is C14H26N4. The van der Waals surface area contributed by atoms with Gasteiger partial charge in [-0.15, -0.1) is 0 Å². The fourth-order valence-corrected chi connectivity index (χ4v) is 2.79. The van der Waals surface area contributed by atoms with Crippen LogP contribution in [-0.2, 0) is 19.5 Å². The van der Waals surface area contributed by atoms with E-state index in [2.05, 4.69) is 41.5 Å². The first-order valence-electron chi connectivity index (χ1n) is 7.19. The summed E-state index contributed by atoms with van der Waals surface area (Å²) >= 11 is 0. The molecule has 0 saturated carbocycles. The van der Waals surface area contributed by atoms with Crippen LogP contribution >= 0.6 is 0 Å². The Balaban J connectivity index is 2.06. The molecule has 1 saturated heterocycles. The molecule has 2 unspecified atom stereocenters. The minimum atomic E-state index is 0.388. The minimum absolute atomic E-state index is 0.388. The molecule has 4 nitrogen and oxygen atoms in total. The number of aromatic nitrogens is 2. The molecule has 2 N–H and O–H groups in total. The molecule has 0 spiro atoms. The van der Waals surface area contributed by atoms with Crippen molar-refractivity contribution in [2.24, 2.45) is 5.73 Å². The van der Waals surface area contributed by atoms with Crippen molar-refractivity contribution in [1.29, 1.82) is 0 Å². The number of piperidine rings is 1. The Kier molecular flexibility index (Phi) is 4.40. The zero-order valence-corrected chi connectivity index (χ0v) is 11.9. The fourth-order valence-electron chi connectivity index (χ4n) is 2.79. The number of aryl methyl sites for hydroxylation is 2. The molecule has 1 aliphatic heterocycles. The lowest BCUT2D eigenvalue weighted by Crippen LogP contribution is -2.45. The quantitative estimate of drug-likeness (QED) is 0.886. The van der Waals surface area contributed by atoms with E-state index in [1.807, 2.05) is 0 Å². The summed E-state index contributed by atoms with van der Waals surface area (Å²) in [7, 11) is 0. The molecule has 1 aromatic rings. The lowest BCUT2D eigenvalue weighted by molar-refractivity contribution is 0.136. The van der Waals surface area contributed by atoms with Gasteiger partial charge in [-0.1, -0.05) is 6.92 Å².